The summed E-state index contributed by atoms with van der Waals surface area (Å²) >= 11 is 6.73. The van der Waals surface area contributed by atoms with Gasteiger partial charge in [0.25, 0.3) is 0 Å². The first-order chi connectivity index (χ1) is 8.54. The minimum Gasteiger partial charge on any atom is -0.382 e. The Labute approximate surface area is 121 Å². The van der Waals surface area contributed by atoms with Crippen molar-refractivity contribution in [2.45, 2.75) is 6.54 Å². The molecule has 1 aromatic carbocycles. The van der Waals surface area contributed by atoms with Gasteiger partial charge in [-0.25, -0.2) is 0 Å². The molecule has 94 valence electrons. The smallest absolute Gasteiger partial charge is 0.246 e. The van der Waals surface area contributed by atoms with Gasteiger partial charge < -0.3 is 11.1 Å². The summed E-state index contributed by atoms with van der Waals surface area (Å²) in [4.78, 5) is 11.8. The Morgan fingerprint density at radius 3 is 2.78 bits per heavy atom. The van der Waals surface area contributed by atoms with Crippen LogP contribution in [0.5, 0.6) is 0 Å². The van der Waals surface area contributed by atoms with E-state index in [9.17, 15) is 4.79 Å². The minimum atomic E-state index is -0.166. The van der Waals surface area contributed by atoms with Crippen LogP contribution < -0.4 is 11.1 Å². The SMILES string of the molecule is Nc1ccn(CC(=O)Nc2ccc(Br)cc2Br)n1. The molecule has 0 spiro atoms. The van der Waals surface area contributed by atoms with Gasteiger partial charge in [-0.2, -0.15) is 5.10 Å². The molecule has 0 atom stereocenters. The highest BCUT2D eigenvalue weighted by Gasteiger charge is 2.07. The van der Waals surface area contributed by atoms with E-state index in [0.29, 0.717) is 11.5 Å². The molecule has 2 rings (SSSR count). The summed E-state index contributed by atoms with van der Waals surface area (Å²) in [5.41, 5.74) is 6.18. The van der Waals surface area contributed by atoms with Crippen molar-refractivity contribution < 1.29 is 4.79 Å². The zero-order valence-electron chi connectivity index (χ0n) is 9.23. The van der Waals surface area contributed by atoms with Gasteiger partial charge in [-0.15, -0.1) is 0 Å². The van der Waals surface area contributed by atoms with Gasteiger partial charge >= 0.3 is 0 Å². The van der Waals surface area contributed by atoms with Crippen molar-refractivity contribution in [3.63, 3.8) is 0 Å². The van der Waals surface area contributed by atoms with Crippen LogP contribution in [0.2, 0.25) is 0 Å². The first kappa shape index (κ1) is 13.1. The average molecular weight is 374 g/mol. The zero-order valence-corrected chi connectivity index (χ0v) is 12.4. The second-order valence-corrected chi connectivity index (χ2v) is 5.38. The topological polar surface area (TPSA) is 72.9 Å². The summed E-state index contributed by atoms with van der Waals surface area (Å²) in [6.45, 7) is 0.125. The lowest BCUT2D eigenvalue weighted by molar-refractivity contribution is -0.116. The van der Waals surface area contributed by atoms with Crippen LogP contribution in [0.15, 0.2) is 39.4 Å². The molecule has 1 heterocycles. The zero-order chi connectivity index (χ0) is 13.1. The van der Waals surface area contributed by atoms with E-state index in [-0.39, 0.29) is 12.5 Å². The molecule has 0 radical (unpaired) electrons. The van der Waals surface area contributed by atoms with Crippen LogP contribution in [0.25, 0.3) is 0 Å². The summed E-state index contributed by atoms with van der Waals surface area (Å²) in [5, 5.41) is 6.73. The van der Waals surface area contributed by atoms with Crippen LogP contribution in [0, 0.1) is 0 Å². The molecule has 3 N–H and O–H groups in total. The maximum absolute atomic E-state index is 11.8. The molecule has 0 bridgehead atoms. The normalized spacial score (nSPS) is 10.3. The molecule has 1 amide bonds. The number of carbonyl (C=O) groups excluding carboxylic acids is 1. The molecule has 0 saturated heterocycles. The summed E-state index contributed by atoms with van der Waals surface area (Å²) in [5.74, 6) is 0.230. The summed E-state index contributed by atoms with van der Waals surface area (Å²) in [6, 6.07) is 7.17. The van der Waals surface area contributed by atoms with Crippen molar-refractivity contribution in [1.29, 1.82) is 0 Å². The third-order valence-corrected chi connectivity index (χ3v) is 3.32. The Morgan fingerprint density at radius 2 is 2.17 bits per heavy atom. The summed E-state index contributed by atoms with van der Waals surface area (Å²) in [6.07, 6.45) is 1.66. The fourth-order valence-corrected chi connectivity index (χ4v) is 2.54. The Balaban J connectivity index is 2.03. The van der Waals surface area contributed by atoms with Crippen molar-refractivity contribution in [2.24, 2.45) is 0 Å². The number of nitrogens with two attached hydrogens (primary N) is 1. The number of aromatic nitrogens is 2. The largest absolute Gasteiger partial charge is 0.382 e. The van der Waals surface area contributed by atoms with Gasteiger partial charge in [0.2, 0.25) is 5.91 Å². The summed E-state index contributed by atoms with van der Waals surface area (Å²) < 4.78 is 3.23. The van der Waals surface area contributed by atoms with E-state index < -0.39 is 0 Å². The highest BCUT2D eigenvalue weighted by atomic mass is 79.9. The summed E-state index contributed by atoms with van der Waals surface area (Å²) in [7, 11) is 0. The lowest BCUT2D eigenvalue weighted by Crippen LogP contribution is -2.19. The number of carbonyl (C=O) groups is 1. The van der Waals surface area contributed by atoms with Crippen molar-refractivity contribution in [2.75, 3.05) is 11.1 Å². The molecule has 2 aromatic rings. The van der Waals surface area contributed by atoms with Crippen molar-refractivity contribution in [1.82, 2.24) is 9.78 Å². The van der Waals surface area contributed by atoms with E-state index in [1.54, 1.807) is 12.3 Å². The number of nitrogen functional groups attached to an aromatic ring is 1. The Bertz CT molecular complexity index is 582. The van der Waals surface area contributed by atoms with Crippen molar-refractivity contribution in [3.8, 4) is 0 Å². The van der Waals surface area contributed by atoms with Crippen LogP contribution in [0.4, 0.5) is 11.5 Å². The molecule has 1 aromatic heterocycles. The van der Waals surface area contributed by atoms with Gasteiger partial charge in [0, 0.05) is 15.1 Å². The van der Waals surface area contributed by atoms with E-state index in [1.807, 2.05) is 18.2 Å². The molecular weight excluding hydrogens is 364 g/mol. The monoisotopic (exact) mass is 372 g/mol. The van der Waals surface area contributed by atoms with E-state index >= 15 is 0 Å². The molecule has 0 aliphatic carbocycles. The average Bonchev–Trinajstić information content (AvgIpc) is 2.68. The quantitative estimate of drug-likeness (QED) is 0.868. The highest BCUT2D eigenvalue weighted by molar-refractivity contribution is 9.11. The molecule has 0 aliphatic rings. The van der Waals surface area contributed by atoms with Crippen LogP contribution in [-0.4, -0.2) is 15.7 Å². The Morgan fingerprint density at radius 1 is 1.39 bits per heavy atom. The third kappa shape index (κ3) is 3.33. The van der Waals surface area contributed by atoms with Crippen LogP contribution in [0.3, 0.4) is 0 Å². The first-order valence-electron chi connectivity index (χ1n) is 5.08. The first-order valence-corrected chi connectivity index (χ1v) is 6.67. The van der Waals surface area contributed by atoms with Gasteiger partial charge in [-0.1, -0.05) is 15.9 Å². The van der Waals surface area contributed by atoms with E-state index in [1.165, 1.54) is 4.68 Å². The lowest BCUT2D eigenvalue weighted by atomic mass is 10.3. The maximum Gasteiger partial charge on any atom is 0.246 e. The van der Waals surface area contributed by atoms with E-state index in [4.69, 9.17) is 5.73 Å². The minimum absolute atomic E-state index is 0.125. The van der Waals surface area contributed by atoms with Crippen molar-refractivity contribution >= 4 is 49.3 Å². The van der Waals surface area contributed by atoms with Crippen LogP contribution >= 0.6 is 31.9 Å². The second kappa shape index (κ2) is 5.53. The fourth-order valence-electron chi connectivity index (χ4n) is 1.39. The van der Waals surface area contributed by atoms with Crippen molar-refractivity contribution in [3.05, 3.63) is 39.4 Å². The lowest BCUT2D eigenvalue weighted by Gasteiger charge is -2.07. The molecule has 0 saturated carbocycles. The molecule has 0 fully saturated rings. The second-order valence-electron chi connectivity index (χ2n) is 3.61. The van der Waals surface area contributed by atoms with E-state index in [2.05, 4.69) is 42.3 Å². The molecule has 0 unspecified atom stereocenters. The number of halogens is 2. The molecule has 7 heteroatoms. The molecule has 0 aliphatic heterocycles. The highest BCUT2D eigenvalue weighted by Crippen LogP contribution is 2.26. The van der Waals surface area contributed by atoms with Gasteiger partial charge in [0.15, 0.2) is 0 Å². The number of nitrogens with one attached hydrogen (secondary N) is 1. The number of nitrogens with zero attached hydrogens (tertiary/aromatic N) is 2. The van der Waals surface area contributed by atoms with Gasteiger partial charge in [-0.05, 0) is 40.2 Å². The Hall–Kier alpha value is -1.34. The number of anilines is 2. The number of amides is 1. The predicted octanol–water partition coefficient (Wildman–Crippen LogP) is 2.63. The number of hydrogen-bond acceptors (Lipinski definition) is 3. The molecular formula is C11H10Br2N4O. The number of benzene rings is 1. The molecule has 18 heavy (non-hydrogen) atoms. The van der Waals surface area contributed by atoms with E-state index in [0.717, 1.165) is 8.95 Å². The molecule has 5 nitrogen and oxygen atoms in total. The van der Waals surface area contributed by atoms with Crippen LogP contribution in [0.1, 0.15) is 0 Å². The number of rotatable bonds is 3. The fraction of sp³-hybridized carbons (Fsp3) is 0.0909. The number of hydrogen-bond donors (Lipinski definition) is 2. The maximum atomic E-state index is 11.8. The third-order valence-electron chi connectivity index (χ3n) is 2.17. The van der Waals surface area contributed by atoms with Gasteiger partial charge in [0.1, 0.15) is 12.4 Å². The standard InChI is InChI=1S/C11H10Br2N4O/c12-7-1-2-9(8(13)5-7)15-11(18)6-17-4-3-10(14)16-17/h1-5H,6H2,(H2,14,16)(H,15,18). The van der Waals surface area contributed by atoms with Gasteiger partial charge in [-0.3, -0.25) is 9.48 Å². The van der Waals surface area contributed by atoms with Gasteiger partial charge in [0.05, 0.1) is 5.69 Å². The van der Waals surface area contributed by atoms with Crippen LogP contribution in [-0.2, 0) is 11.3 Å². The predicted molar refractivity (Wildman–Crippen MR) is 77.1 cm³/mol. The Kier molecular flexibility index (Phi) is 4.03.